The van der Waals surface area contributed by atoms with Gasteiger partial charge in [-0.1, -0.05) is 65.8 Å². The number of hydrogen-bond donors (Lipinski definition) is 3. The standard InChI is InChI=1S/C39H32N4O6S/c1-25-23-35(43-49-25)42-39(46)36(26-11-5-3-6-12-26)50-30-20-17-28(18-21-30)40-38(45)32(41-37(44)27-13-7-4-8-14-27)24-29-19-22-34(48-29)31-15-9-10-16-33(31)47-2/h3-24,36H,1-2H3,(H,40,45)(H,41,44)(H,42,43,46)/b32-24+/t36-/m1/s1. The molecule has 0 aliphatic rings. The largest absolute Gasteiger partial charge is 0.496 e. The first-order valence-corrected chi connectivity index (χ1v) is 16.4. The minimum Gasteiger partial charge on any atom is -0.496 e. The number of nitrogens with zero attached hydrogens (tertiary/aromatic N) is 1. The number of carbonyl (C=O) groups is 3. The van der Waals surface area contributed by atoms with E-state index >= 15 is 0 Å². The Morgan fingerprint density at radius 1 is 0.820 bits per heavy atom. The first-order chi connectivity index (χ1) is 24.4. The summed E-state index contributed by atoms with van der Waals surface area (Å²) in [7, 11) is 1.58. The predicted molar refractivity (Wildman–Crippen MR) is 193 cm³/mol. The lowest BCUT2D eigenvalue weighted by Gasteiger charge is -2.16. The Morgan fingerprint density at radius 3 is 2.22 bits per heavy atom. The zero-order valence-corrected chi connectivity index (χ0v) is 27.9. The van der Waals surface area contributed by atoms with Crippen LogP contribution in [0.15, 0.2) is 147 Å². The molecule has 0 radical (unpaired) electrons. The lowest BCUT2D eigenvalue weighted by molar-refractivity contribution is -0.116. The molecule has 0 aliphatic heterocycles. The maximum absolute atomic E-state index is 13.6. The van der Waals surface area contributed by atoms with Gasteiger partial charge in [-0.15, -0.1) is 11.8 Å². The smallest absolute Gasteiger partial charge is 0.272 e. The van der Waals surface area contributed by atoms with Crippen molar-refractivity contribution < 1.29 is 28.1 Å². The van der Waals surface area contributed by atoms with Crippen LogP contribution >= 0.6 is 11.8 Å². The van der Waals surface area contributed by atoms with E-state index in [1.54, 1.807) is 74.7 Å². The number of hydrogen-bond acceptors (Lipinski definition) is 8. The van der Waals surface area contributed by atoms with E-state index in [1.807, 2.05) is 66.7 Å². The predicted octanol–water partition coefficient (Wildman–Crippen LogP) is 8.13. The fraction of sp³-hybridized carbons (Fsp3) is 0.0769. The monoisotopic (exact) mass is 684 g/mol. The summed E-state index contributed by atoms with van der Waals surface area (Å²) in [5.41, 5.74) is 2.39. The third kappa shape index (κ3) is 8.38. The molecule has 2 aromatic heterocycles. The molecule has 10 nitrogen and oxygen atoms in total. The molecular formula is C39H32N4O6S. The van der Waals surface area contributed by atoms with Crippen LogP contribution in [0.1, 0.15) is 32.7 Å². The third-order valence-electron chi connectivity index (χ3n) is 7.40. The fourth-order valence-electron chi connectivity index (χ4n) is 4.98. The van der Waals surface area contributed by atoms with Crippen LogP contribution in [-0.4, -0.2) is 30.0 Å². The Bertz CT molecular complexity index is 2120. The van der Waals surface area contributed by atoms with Crippen LogP contribution in [0.5, 0.6) is 5.75 Å². The van der Waals surface area contributed by atoms with Crippen LogP contribution in [0, 0.1) is 6.92 Å². The number of rotatable bonds is 12. The van der Waals surface area contributed by atoms with Gasteiger partial charge in [0.15, 0.2) is 5.82 Å². The number of aryl methyl sites for hydroxylation is 1. The summed E-state index contributed by atoms with van der Waals surface area (Å²) in [6, 6.07) is 37.6. The Balaban J connectivity index is 1.21. The highest BCUT2D eigenvalue weighted by atomic mass is 32.2. The van der Waals surface area contributed by atoms with Crippen LogP contribution in [0.2, 0.25) is 0 Å². The average molecular weight is 685 g/mol. The molecule has 3 amide bonds. The van der Waals surface area contributed by atoms with Gasteiger partial charge in [0.25, 0.3) is 11.8 Å². The Kier molecular flexibility index (Phi) is 10.5. The van der Waals surface area contributed by atoms with Gasteiger partial charge in [0, 0.05) is 28.3 Å². The molecule has 0 fully saturated rings. The number of methoxy groups -OCH3 is 1. The van der Waals surface area contributed by atoms with Crippen molar-refractivity contribution in [2.24, 2.45) is 0 Å². The molecule has 0 saturated carbocycles. The second kappa shape index (κ2) is 15.7. The number of ether oxygens (including phenoxy) is 1. The van der Waals surface area contributed by atoms with Gasteiger partial charge in [-0.3, -0.25) is 14.4 Å². The highest BCUT2D eigenvalue weighted by Gasteiger charge is 2.23. The number of anilines is 2. The quantitative estimate of drug-likeness (QED) is 0.0869. The number of furan rings is 1. The Labute approximate surface area is 292 Å². The van der Waals surface area contributed by atoms with Crippen molar-refractivity contribution in [1.29, 1.82) is 0 Å². The van der Waals surface area contributed by atoms with Crippen molar-refractivity contribution in [3.8, 4) is 17.1 Å². The van der Waals surface area contributed by atoms with Gasteiger partial charge >= 0.3 is 0 Å². The summed E-state index contributed by atoms with van der Waals surface area (Å²) in [6.07, 6.45) is 1.47. The average Bonchev–Trinajstić information content (AvgIpc) is 3.79. The number of aromatic nitrogens is 1. The van der Waals surface area contributed by atoms with E-state index in [1.165, 1.54) is 17.8 Å². The van der Waals surface area contributed by atoms with E-state index in [0.717, 1.165) is 16.0 Å². The van der Waals surface area contributed by atoms with E-state index < -0.39 is 17.1 Å². The molecular weight excluding hydrogens is 653 g/mol. The number of nitrogens with one attached hydrogen (secondary N) is 3. The second-order valence-electron chi connectivity index (χ2n) is 11.0. The van der Waals surface area contributed by atoms with Crippen LogP contribution < -0.4 is 20.7 Å². The summed E-state index contributed by atoms with van der Waals surface area (Å²) in [6.45, 7) is 1.75. The van der Waals surface area contributed by atoms with Gasteiger partial charge in [-0.2, -0.15) is 0 Å². The first-order valence-electron chi connectivity index (χ1n) is 15.5. The number of carbonyl (C=O) groups excluding carboxylic acids is 3. The van der Waals surface area contributed by atoms with Crippen molar-refractivity contribution >= 4 is 47.1 Å². The third-order valence-corrected chi connectivity index (χ3v) is 8.67. The molecule has 6 aromatic rings. The van der Waals surface area contributed by atoms with Crippen LogP contribution in [0.3, 0.4) is 0 Å². The second-order valence-corrected chi connectivity index (χ2v) is 12.2. The van der Waals surface area contributed by atoms with Crippen molar-refractivity contribution in [2.45, 2.75) is 17.1 Å². The molecule has 0 aliphatic carbocycles. The van der Waals surface area contributed by atoms with Crippen molar-refractivity contribution in [3.63, 3.8) is 0 Å². The lowest BCUT2D eigenvalue weighted by atomic mass is 10.1. The van der Waals surface area contributed by atoms with E-state index in [2.05, 4.69) is 21.1 Å². The van der Waals surface area contributed by atoms with Gasteiger partial charge in [-0.25, -0.2) is 0 Å². The number of para-hydroxylation sites is 1. The van der Waals surface area contributed by atoms with E-state index in [-0.39, 0.29) is 11.6 Å². The maximum Gasteiger partial charge on any atom is 0.272 e. The van der Waals surface area contributed by atoms with Crippen molar-refractivity contribution in [1.82, 2.24) is 10.5 Å². The van der Waals surface area contributed by atoms with Gasteiger partial charge in [0.2, 0.25) is 5.91 Å². The molecule has 2 heterocycles. The molecule has 0 spiro atoms. The van der Waals surface area contributed by atoms with Gasteiger partial charge < -0.3 is 29.6 Å². The van der Waals surface area contributed by atoms with Crippen LogP contribution in [0.25, 0.3) is 17.4 Å². The molecule has 4 aromatic carbocycles. The Hall–Kier alpha value is -6.33. The summed E-state index contributed by atoms with van der Waals surface area (Å²) in [5.74, 6) is 1.16. The molecule has 50 heavy (non-hydrogen) atoms. The zero-order chi connectivity index (χ0) is 34.9. The minimum absolute atomic E-state index is 0.0258. The molecule has 3 N–H and O–H groups in total. The lowest BCUT2D eigenvalue weighted by Crippen LogP contribution is -2.30. The van der Waals surface area contributed by atoms with Crippen LogP contribution in [0.4, 0.5) is 11.5 Å². The van der Waals surface area contributed by atoms with Gasteiger partial charge in [0.1, 0.15) is 34.0 Å². The normalized spacial score (nSPS) is 11.8. The van der Waals surface area contributed by atoms with E-state index in [4.69, 9.17) is 13.7 Å². The molecule has 6 rings (SSSR count). The number of thioether (sulfide) groups is 1. The van der Waals surface area contributed by atoms with Gasteiger partial charge in [0.05, 0.1) is 12.7 Å². The topological polar surface area (TPSA) is 136 Å². The molecule has 0 saturated heterocycles. The highest BCUT2D eigenvalue weighted by molar-refractivity contribution is 8.00. The highest BCUT2D eigenvalue weighted by Crippen LogP contribution is 2.37. The van der Waals surface area contributed by atoms with Gasteiger partial charge in [-0.05, 0) is 73.2 Å². The summed E-state index contributed by atoms with van der Waals surface area (Å²) < 4.78 is 16.6. The van der Waals surface area contributed by atoms with E-state index in [0.29, 0.717) is 40.1 Å². The number of benzene rings is 4. The maximum atomic E-state index is 13.6. The molecule has 250 valence electrons. The van der Waals surface area contributed by atoms with Crippen molar-refractivity contribution in [2.75, 3.05) is 17.7 Å². The minimum atomic E-state index is -0.592. The summed E-state index contributed by atoms with van der Waals surface area (Å²) >= 11 is 1.35. The van der Waals surface area contributed by atoms with E-state index in [9.17, 15) is 14.4 Å². The molecule has 11 heteroatoms. The summed E-state index contributed by atoms with van der Waals surface area (Å²) in [4.78, 5) is 40.9. The Morgan fingerprint density at radius 2 is 1.52 bits per heavy atom. The zero-order valence-electron chi connectivity index (χ0n) is 27.1. The van der Waals surface area contributed by atoms with Crippen molar-refractivity contribution in [3.05, 3.63) is 156 Å². The van der Waals surface area contributed by atoms with Crippen LogP contribution in [-0.2, 0) is 9.59 Å². The molecule has 0 unspecified atom stereocenters. The molecule has 0 bridgehead atoms. The number of amides is 3. The fourth-order valence-corrected chi connectivity index (χ4v) is 6.00. The molecule has 1 atom stereocenters. The SMILES string of the molecule is COc1ccccc1-c1ccc(/C=C(/NC(=O)c2ccccc2)C(=O)Nc2ccc(S[C@@H](C(=O)Nc3cc(C)on3)c3ccccc3)cc2)o1. The first kappa shape index (κ1) is 33.6. The summed E-state index contributed by atoms with van der Waals surface area (Å²) in [5, 5.41) is 11.7.